The lowest BCUT2D eigenvalue weighted by Crippen LogP contribution is -2.60. The molecule has 1 fully saturated rings. The van der Waals surface area contributed by atoms with Gasteiger partial charge in [-0.1, -0.05) is 103 Å². The molecule has 4 aromatic rings. The summed E-state index contributed by atoms with van der Waals surface area (Å²) in [4.78, 5) is 1.04. The Labute approximate surface area is 246 Å². The van der Waals surface area contributed by atoms with Gasteiger partial charge in [-0.2, -0.15) is 0 Å². The van der Waals surface area contributed by atoms with Crippen LogP contribution in [0.5, 0.6) is 5.75 Å². The van der Waals surface area contributed by atoms with E-state index >= 15 is 0 Å². The summed E-state index contributed by atoms with van der Waals surface area (Å²) in [5, 5.41) is 10.5. The van der Waals surface area contributed by atoms with Crippen LogP contribution in [0, 0.1) is 0 Å². The average Bonchev–Trinajstić information content (AvgIpc) is 3.04. The molecule has 1 N–H and O–H groups in total. The maximum absolute atomic E-state index is 10.5. The number of aliphatic hydroxyl groups is 1. The smallest absolute Gasteiger partial charge is 0.137 e. The van der Waals surface area contributed by atoms with Crippen LogP contribution in [0.15, 0.2) is 120 Å². The van der Waals surface area contributed by atoms with Crippen LogP contribution in [-0.2, 0) is 38.8 Å². The van der Waals surface area contributed by atoms with Crippen LogP contribution in [0.1, 0.15) is 16.7 Å². The summed E-state index contributed by atoms with van der Waals surface area (Å²) in [6, 6.07) is 37.9. The monoisotopic (exact) mass is 572 g/mol. The second-order valence-corrected chi connectivity index (χ2v) is 11.0. The number of rotatable bonds is 13. The molecule has 1 aliphatic rings. The van der Waals surface area contributed by atoms with Crippen LogP contribution in [0.25, 0.3) is 0 Å². The maximum Gasteiger partial charge on any atom is 0.137 e. The fourth-order valence-electron chi connectivity index (χ4n) is 4.77. The third-order valence-corrected chi connectivity index (χ3v) is 8.09. The summed E-state index contributed by atoms with van der Waals surface area (Å²) < 4.78 is 31.6. The van der Waals surface area contributed by atoms with E-state index in [1.807, 2.05) is 115 Å². The molecule has 0 radical (unpaired) electrons. The number of ether oxygens (including phenoxy) is 5. The van der Waals surface area contributed by atoms with E-state index in [1.165, 1.54) is 0 Å². The Kier molecular flexibility index (Phi) is 10.9. The Morgan fingerprint density at radius 3 is 1.63 bits per heavy atom. The van der Waals surface area contributed by atoms with Crippen LogP contribution in [0.4, 0.5) is 0 Å². The molecular formula is C34H36O6S. The predicted octanol–water partition coefficient (Wildman–Crippen LogP) is 6.26. The van der Waals surface area contributed by atoms with Crippen molar-refractivity contribution >= 4 is 11.8 Å². The van der Waals surface area contributed by atoms with E-state index in [1.54, 1.807) is 18.9 Å². The predicted molar refractivity (Wildman–Crippen MR) is 160 cm³/mol. The van der Waals surface area contributed by atoms with Crippen molar-refractivity contribution in [2.75, 3.05) is 13.7 Å². The van der Waals surface area contributed by atoms with E-state index in [0.29, 0.717) is 19.8 Å². The molecule has 0 saturated carbocycles. The second kappa shape index (κ2) is 15.2. The van der Waals surface area contributed by atoms with Gasteiger partial charge in [0.15, 0.2) is 0 Å². The third kappa shape index (κ3) is 8.20. The lowest BCUT2D eigenvalue weighted by atomic mass is 9.99. The number of aliphatic hydroxyl groups excluding tert-OH is 1. The Morgan fingerprint density at radius 2 is 1.10 bits per heavy atom. The second-order valence-electron chi connectivity index (χ2n) is 9.80. The summed E-state index contributed by atoms with van der Waals surface area (Å²) in [5.41, 5.74) is 2.65. The topological polar surface area (TPSA) is 66.4 Å². The summed E-state index contributed by atoms with van der Waals surface area (Å²) in [5.74, 6) is 0.780. The Morgan fingerprint density at radius 1 is 0.610 bits per heavy atom. The number of thioether (sulfide) groups is 1. The maximum atomic E-state index is 10.5. The van der Waals surface area contributed by atoms with Crippen molar-refractivity contribution in [2.45, 2.75) is 54.6 Å². The van der Waals surface area contributed by atoms with Gasteiger partial charge in [0.05, 0.1) is 33.5 Å². The zero-order valence-electron chi connectivity index (χ0n) is 23.1. The van der Waals surface area contributed by atoms with Gasteiger partial charge in [-0.15, -0.1) is 0 Å². The molecule has 7 heteroatoms. The summed E-state index contributed by atoms with van der Waals surface area (Å²) >= 11 is 1.57. The van der Waals surface area contributed by atoms with Crippen LogP contribution in [0.3, 0.4) is 0 Å². The van der Waals surface area contributed by atoms with Crippen LogP contribution in [0.2, 0.25) is 0 Å². The normalized spacial score (nSPS) is 22.3. The molecule has 214 valence electrons. The van der Waals surface area contributed by atoms with Crippen molar-refractivity contribution in [3.05, 3.63) is 132 Å². The van der Waals surface area contributed by atoms with Crippen LogP contribution in [-0.4, -0.2) is 48.7 Å². The van der Waals surface area contributed by atoms with E-state index in [4.69, 9.17) is 23.7 Å². The first-order valence-corrected chi connectivity index (χ1v) is 14.6. The Balaban J connectivity index is 1.43. The molecule has 41 heavy (non-hydrogen) atoms. The van der Waals surface area contributed by atoms with Crippen LogP contribution < -0.4 is 4.74 Å². The first-order valence-electron chi connectivity index (χ1n) is 13.8. The molecule has 0 aliphatic carbocycles. The van der Waals surface area contributed by atoms with Gasteiger partial charge in [0, 0.05) is 4.90 Å². The fraction of sp³-hybridized carbons (Fsp3) is 0.294. The highest BCUT2D eigenvalue weighted by Gasteiger charge is 2.48. The molecule has 5 atom stereocenters. The molecule has 0 unspecified atom stereocenters. The SMILES string of the molecule is COc1ccc(CO[C@@H]2[C@H](OCc3ccccc3)[C@@H](OCc3ccccc3)[C@H](Sc3ccccc3)O[C@@H]2CO)cc1. The van der Waals surface area contributed by atoms with Gasteiger partial charge in [-0.25, -0.2) is 0 Å². The van der Waals surface area contributed by atoms with Gasteiger partial charge in [-0.3, -0.25) is 0 Å². The molecule has 1 saturated heterocycles. The molecule has 4 aromatic carbocycles. The summed E-state index contributed by atoms with van der Waals surface area (Å²) in [7, 11) is 1.64. The molecule has 5 rings (SSSR count). The number of methoxy groups -OCH3 is 1. The van der Waals surface area contributed by atoms with E-state index in [2.05, 4.69) is 0 Å². The lowest BCUT2D eigenvalue weighted by molar-refractivity contribution is -0.251. The standard InChI is InChI=1S/C34H36O6S/c1-36-28-19-17-27(18-20-28)24-37-31-30(21-35)40-34(41-29-15-9-4-10-16-29)33(39-23-26-13-7-3-8-14-26)32(31)38-22-25-11-5-2-6-12-25/h2-20,30-35H,21-24H2,1H3/t30-,31+,32+,33-,34+/m1/s1. The van der Waals surface area contributed by atoms with Crippen molar-refractivity contribution in [3.8, 4) is 5.75 Å². The fourth-order valence-corrected chi connectivity index (χ4v) is 5.92. The molecule has 1 heterocycles. The third-order valence-electron chi connectivity index (χ3n) is 6.94. The quantitative estimate of drug-likeness (QED) is 0.203. The lowest BCUT2D eigenvalue weighted by Gasteiger charge is -2.45. The summed E-state index contributed by atoms with van der Waals surface area (Å²) in [6.45, 7) is 0.873. The first kappa shape index (κ1) is 29.3. The molecule has 0 amide bonds. The number of hydrogen-bond acceptors (Lipinski definition) is 7. The minimum Gasteiger partial charge on any atom is -0.497 e. The van der Waals surface area contributed by atoms with Crippen molar-refractivity contribution in [3.63, 3.8) is 0 Å². The van der Waals surface area contributed by atoms with Gasteiger partial charge < -0.3 is 28.8 Å². The van der Waals surface area contributed by atoms with Gasteiger partial charge in [0.2, 0.25) is 0 Å². The minimum absolute atomic E-state index is 0.213. The Hall–Kier alpha value is -3.17. The van der Waals surface area contributed by atoms with Gasteiger partial charge in [0.1, 0.15) is 35.6 Å². The molecule has 0 bridgehead atoms. The molecule has 6 nitrogen and oxygen atoms in total. The largest absolute Gasteiger partial charge is 0.497 e. The van der Waals surface area contributed by atoms with Crippen molar-refractivity contribution in [2.24, 2.45) is 0 Å². The highest BCUT2D eigenvalue weighted by Crippen LogP contribution is 2.38. The van der Waals surface area contributed by atoms with E-state index < -0.39 is 29.9 Å². The van der Waals surface area contributed by atoms with Gasteiger partial charge in [0.25, 0.3) is 0 Å². The van der Waals surface area contributed by atoms with Gasteiger partial charge in [-0.05, 0) is 41.0 Å². The van der Waals surface area contributed by atoms with Gasteiger partial charge >= 0.3 is 0 Å². The number of benzene rings is 4. The molecular weight excluding hydrogens is 536 g/mol. The Bertz CT molecular complexity index is 1290. The molecule has 1 aliphatic heterocycles. The molecule has 0 spiro atoms. The highest BCUT2D eigenvalue weighted by molar-refractivity contribution is 7.99. The van der Waals surface area contributed by atoms with Crippen molar-refractivity contribution in [1.29, 1.82) is 0 Å². The van der Waals surface area contributed by atoms with Crippen molar-refractivity contribution < 1.29 is 28.8 Å². The van der Waals surface area contributed by atoms with E-state index in [0.717, 1.165) is 27.3 Å². The number of hydrogen-bond donors (Lipinski definition) is 1. The van der Waals surface area contributed by atoms with E-state index in [-0.39, 0.29) is 6.61 Å². The van der Waals surface area contributed by atoms with Crippen molar-refractivity contribution in [1.82, 2.24) is 0 Å². The zero-order chi connectivity index (χ0) is 28.3. The van der Waals surface area contributed by atoms with Crippen LogP contribution >= 0.6 is 11.8 Å². The average molecular weight is 573 g/mol. The van der Waals surface area contributed by atoms with E-state index in [9.17, 15) is 5.11 Å². The summed E-state index contributed by atoms with van der Waals surface area (Å²) in [6.07, 6.45) is -2.16. The minimum atomic E-state index is -0.605. The molecule has 0 aromatic heterocycles. The highest BCUT2D eigenvalue weighted by atomic mass is 32.2. The zero-order valence-corrected chi connectivity index (χ0v) is 23.9. The first-order chi connectivity index (χ1) is 20.2.